The van der Waals surface area contributed by atoms with Crippen molar-refractivity contribution in [3.8, 4) is 11.5 Å². The minimum Gasteiger partial charge on any atom is -0.497 e. The zero-order chi connectivity index (χ0) is 15.9. The number of nitrogens with one attached hydrogen (secondary N) is 1. The lowest BCUT2D eigenvalue weighted by Gasteiger charge is -2.10. The lowest BCUT2D eigenvalue weighted by molar-refractivity contribution is -0.111. The third-order valence-corrected chi connectivity index (χ3v) is 2.96. The van der Waals surface area contributed by atoms with Crippen LogP contribution in [0.15, 0.2) is 48.5 Å². The van der Waals surface area contributed by atoms with Gasteiger partial charge in [0.1, 0.15) is 17.3 Å². The first-order chi connectivity index (χ1) is 10.6. The fourth-order valence-corrected chi connectivity index (χ4v) is 1.83. The average molecular weight is 301 g/mol. The summed E-state index contributed by atoms with van der Waals surface area (Å²) in [4.78, 5) is 12.0. The third kappa shape index (κ3) is 4.09. The fourth-order valence-electron chi connectivity index (χ4n) is 1.83. The van der Waals surface area contributed by atoms with Crippen molar-refractivity contribution in [3.63, 3.8) is 0 Å². The predicted molar refractivity (Wildman–Crippen MR) is 83.6 cm³/mol. The van der Waals surface area contributed by atoms with Gasteiger partial charge in [-0.2, -0.15) is 0 Å². The van der Waals surface area contributed by atoms with Crippen molar-refractivity contribution in [3.05, 3.63) is 59.9 Å². The van der Waals surface area contributed by atoms with Crippen molar-refractivity contribution in [2.75, 3.05) is 19.5 Å². The first-order valence-corrected chi connectivity index (χ1v) is 6.59. The van der Waals surface area contributed by atoms with Crippen LogP contribution in [-0.2, 0) is 4.79 Å². The molecule has 4 nitrogen and oxygen atoms in total. The van der Waals surface area contributed by atoms with Gasteiger partial charge >= 0.3 is 0 Å². The quantitative estimate of drug-likeness (QED) is 0.860. The summed E-state index contributed by atoms with van der Waals surface area (Å²) in [7, 11) is 3.06. The molecule has 0 radical (unpaired) electrons. The number of carbonyl (C=O) groups is 1. The zero-order valence-electron chi connectivity index (χ0n) is 12.3. The molecular formula is C17H16FNO3. The van der Waals surface area contributed by atoms with E-state index in [0.717, 1.165) is 5.56 Å². The number of methoxy groups -OCH3 is 2. The van der Waals surface area contributed by atoms with Gasteiger partial charge in [-0.05, 0) is 35.9 Å². The summed E-state index contributed by atoms with van der Waals surface area (Å²) < 4.78 is 23.1. The van der Waals surface area contributed by atoms with E-state index in [-0.39, 0.29) is 11.7 Å². The summed E-state index contributed by atoms with van der Waals surface area (Å²) in [5.74, 6) is 0.501. The molecule has 0 aliphatic rings. The number of amides is 1. The number of hydrogen-bond acceptors (Lipinski definition) is 3. The van der Waals surface area contributed by atoms with Crippen molar-refractivity contribution in [1.82, 2.24) is 0 Å². The van der Waals surface area contributed by atoms with Gasteiger partial charge in [0.2, 0.25) is 5.91 Å². The maximum absolute atomic E-state index is 12.8. The lowest BCUT2D eigenvalue weighted by Crippen LogP contribution is -2.09. The van der Waals surface area contributed by atoms with Crippen LogP contribution in [0.2, 0.25) is 0 Å². The topological polar surface area (TPSA) is 47.6 Å². The minimum atomic E-state index is -0.323. The normalized spacial score (nSPS) is 10.5. The summed E-state index contributed by atoms with van der Waals surface area (Å²) in [6.45, 7) is 0. The van der Waals surface area contributed by atoms with Gasteiger partial charge in [0, 0.05) is 12.1 Å². The Hall–Kier alpha value is -2.82. The van der Waals surface area contributed by atoms with E-state index in [0.29, 0.717) is 17.2 Å². The monoisotopic (exact) mass is 301 g/mol. The standard InChI is InChI=1S/C17H16FNO3/c1-21-14-8-9-16(22-2)15(11-14)19-17(20)10-5-12-3-6-13(18)7-4-12/h3-11H,1-2H3,(H,19,20). The van der Waals surface area contributed by atoms with E-state index in [1.54, 1.807) is 43.5 Å². The molecule has 0 atom stereocenters. The first kappa shape index (κ1) is 15.6. The average Bonchev–Trinajstić information content (AvgIpc) is 2.54. The Labute approximate surface area is 128 Å². The van der Waals surface area contributed by atoms with Gasteiger partial charge in [-0.1, -0.05) is 12.1 Å². The highest BCUT2D eigenvalue weighted by atomic mass is 19.1. The molecule has 2 aromatic rings. The van der Waals surface area contributed by atoms with E-state index in [1.165, 1.54) is 25.3 Å². The van der Waals surface area contributed by atoms with Crippen molar-refractivity contribution in [2.24, 2.45) is 0 Å². The second-order valence-electron chi connectivity index (χ2n) is 4.44. The summed E-state index contributed by atoms with van der Waals surface area (Å²) in [5, 5.41) is 2.71. The molecule has 0 fully saturated rings. The van der Waals surface area contributed by atoms with Crippen molar-refractivity contribution < 1.29 is 18.7 Å². The highest BCUT2D eigenvalue weighted by Crippen LogP contribution is 2.28. The number of ether oxygens (including phenoxy) is 2. The minimum absolute atomic E-state index is 0.317. The Balaban J connectivity index is 2.09. The van der Waals surface area contributed by atoms with E-state index < -0.39 is 0 Å². The largest absolute Gasteiger partial charge is 0.497 e. The summed E-state index contributed by atoms with van der Waals surface area (Å²) >= 11 is 0. The molecule has 114 valence electrons. The van der Waals surface area contributed by atoms with E-state index in [4.69, 9.17) is 9.47 Å². The third-order valence-electron chi connectivity index (χ3n) is 2.96. The smallest absolute Gasteiger partial charge is 0.248 e. The van der Waals surface area contributed by atoms with Crippen molar-refractivity contribution in [1.29, 1.82) is 0 Å². The summed E-state index contributed by atoms with van der Waals surface area (Å²) in [6.07, 6.45) is 2.97. The Bertz CT molecular complexity index is 681. The van der Waals surface area contributed by atoms with Crippen LogP contribution >= 0.6 is 0 Å². The molecule has 0 heterocycles. The van der Waals surface area contributed by atoms with Crippen molar-refractivity contribution in [2.45, 2.75) is 0 Å². The highest BCUT2D eigenvalue weighted by molar-refractivity contribution is 6.02. The number of halogens is 1. The van der Waals surface area contributed by atoms with Gasteiger partial charge in [-0.25, -0.2) is 4.39 Å². The molecule has 0 bridgehead atoms. The van der Waals surface area contributed by atoms with Gasteiger partial charge in [0.25, 0.3) is 0 Å². The molecule has 22 heavy (non-hydrogen) atoms. The Kier molecular flexibility index (Phi) is 5.14. The molecule has 5 heteroatoms. The second-order valence-corrected chi connectivity index (χ2v) is 4.44. The van der Waals surface area contributed by atoms with Crippen LogP contribution in [0.25, 0.3) is 6.08 Å². The molecule has 0 saturated heterocycles. The van der Waals surface area contributed by atoms with E-state index in [2.05, 4.69) is 5.32 Å². The molecule has 0 unspecified atom stereocenters. The van der Waals surface area contributed by atoms with Gasteiger partial charge in [-0.3, -0.25) is 4.79 Å². The number of rotatable bonds is 5. The van der Waals surface area contributed by atoms with Crippen LogP contribution in [-0.4, -0.2) is 20.1 Å². The molecule has 2 aromatic carbocycles. The van der Waals surface area contributed by atoms with Crippen molar-refractivity contribution >= 4 is 17.7 Å². The maximum atomic E-state index is 12.8. The first-order valence-electron chi connectivity index (χ1n) is 6.59. The summed E-state index contributed by atoms with van der Waals surface area (Å²) in [6, 6.07) is 11.0. The van der Waals surface area contributed by atoms with Crippen LogP contribution in [0, 0.1) is 5.82 Å². The van der Waals surface area contributed by atoms with Gasteiger partial charge < -0.3 is 14.8 Å². The zero-order valence-corrected chi connectivity index (χ0v) is 12.3. The van der Waals surface area contributed by atoms with Gasteiger partial charge in [-0.15, -0.1) is 0 Å². The molecule has 0 aliphatic heterocycles. The van der Waals surface area contributed by atoms with Crippen LogP contribution in [0.5, 0.6) is 11.5 Å². The lowest BCUT2D eigenvalue weighted by atomic mass is 10.2. The Morgan fingerprint density at radius 3 is 2.45 bits per heavy atom. The number of anilines is 1. The molecular weight excluding hydrogens is 285 g/mol. The van der Waals surface area contributed by atoms with Gasteiger partial charge in [0.15, 0.2) is 0 Å². The van der Waals surface area contributed by atoms with E-state index in [1.807, 2.05) is 0 Å². The van der Waals surface area contributed by atoms with E-state index >= 15 is 0 Å². The molecule has 1 amide bonds. The fraction of sp³-hybridized carbons (Fsp3) is 0.118. The van der Waals surface area contributed by atoms with Gasteiger partial charge in [0.05, 0.1) is 19.9 Å². The number of hydrogen-bond donors (Lipinski definition) is 1. The van der Waals surface area contributed by atoms with Crippen LogP contribution in [0.4, 0.5) is 10.1 Å². The Morgan fingerprint density at radius 2 is 1.82 bits per heavy atom. The molecule has 0 aromatic heterocycles. The summed E-state index contributed by atoms with van der Waals surface area (Å²) in [5.41, 5.74) is 1.24. The number of carbonyl (C=O) groups excluding carboxylic acids is 1. The highest BCUT2D eigenvalue weighted by Gasteiger charge is 2.07. The molecule has 0 spiro atoms. The maximum Gasteiger partial charge on any atom is 0.248 e. The van der Waals surface area contributed by atoms with Crippen LogP contribution in [0.3, 0.4) is 0 Å². The van der Waals surface area contributed by atoms with Crippen LogP contribution < -0.4 is 14.8 Å². The molecule has 2 rings (SSSR count). The molecule has 1 N–H and O–H groups in total. The SMILES string of the molecule is COc1ccc(OC)c(NC(=O)C=Cc2ccc(F)cc2)c1. The predicted octanol–water partition coefficient (Wildman–Crippen LogP) is 3.49. The Morgan fingerprint density at radius 1 is 1.09 bits per heavy atom. The van der Waals surface area contributed by atoms with E-state index in [9.17, 15) is 9.18 Å². The molecule has 0 saturated carbocycles. The number of benzene rings is 2. The molecule has 0 aliphatic carbocycles. The van der Waals surface area contributed by atoms with Crippen LogP contribution in [0.1, 0.15) is 5.56 Å². The second kappa shape index (κ2) is 7.26.